The molecule has 1 amide bonds. The average molecular weight is 392 g/mol. The predicted molar refractivity (Wildman–Crippen MR) is 111 cm³/mol. The summed E-state index contributed by atoms with van der Waals surface area (Å²) in [5.74, 6) is 1.79. The Hall–Kier alpha value is -1.24. The SMILES string of the molecule is CC1CN(C)CC(=O)N1Cc1ccc(CC(C)(C)N2CCS(=O)CC2)cc1. The molecule has 2 saturated heterocycles. The summed E-state index contributed by atoms with van der Waals surface area (Å²) in [4.78, 5) is 18.9. The van der Waals surface area contributed by atoms with Crippen molar-refractivity contribution in [3.05, 3.63) is 35.4 Å². The highest BCUT2D eigenvalue weighted by molar-refractivity contribution is 7.85. The largest absolute Gasteiger partial charge is 0.333 e. The highest BCUT2D eigenvalue weighted by Crippen LogP contribution is 2.23. The molecular formula is C21H33N3O2S. The predicted octanol–water partition coefficient (Wildman–Crippen LogP) is 1.73. The molecular weight excluding hydrogens is 358 g/mol. The van der Waals surface area contributed by atoms with Gasteiger partial charge in [0.1, 0.15) is 0 Å². The van der Waals surface area contributed by atoms with Gasteiger partial charge in [-0.2, -0.15) is 0 Å². The van der Waals surface area contributed by atoms with Gasteiger partial charge in [0.15, 0.2) is 0 Å². The standard InChI is InChI=1S/C21H33N3O2S/c1-17-14-22(4)16-20(25)24(17)15-19-7-5-18(6-8-19)13-21(2,3)23-9-11-27(26)12-10-23/h5-8,17H,9-16H2,1-4H3. The van der Waals surface area contributed by atoms with Crippen LogP contribution in [0.1, 0.15) is 31.9 Å². The Labute approximate surface area is 166 Å². The zero-order valence-corrected chi connectivity index (χ0v) is 17.9. The zero-order valence-electron chi connectivity index (χ0n) is 17.1. The summed E-state index contributed by atoms with van der Waals surface area (Å²) in [7, 11) is 1.37. The lowest BCUT2D eigenvalue weighted by Crippen LogP contribution is -2.53. The summed E-state index contributed by atoms with van der Waals surface area (Å²) in [6, 6.07) is 8.97. The van der Waals surface area contributed by atoms with Gasteiger partial charge < -0.3 is 4.90 Å². The first-order chi connectivity index (χ1) is 12.7. The first kappa shape index (κ1) is 20.5. The van der Waals surface area contributed by atoms with Crippen LogP contribution in [0.25, 0.3) is 0 Å². The highest BCUT2D eigenvalue weighted by atomic mass is 32.2. The molecule has 3 rings (SSSR count). The van der Waals surface area contributed by atoms with Gasteiger partial charge in [0.25, 0.3) is 0 Å². The van der Waals surface area contributed by atoms with E-state index in [2.05, 4.69) is 54.8 Å². The van der Waals surface area contributed by atoms with Gasteiger partial charge in [0.2, 0.25) is 5.91 Å². The normalized spacial score (nSPS) is 23.8. The van der Waals surface area contributed by atoms with E-state index < -0.39 is 10.8 Å². The van der Waals surface area contributed by atoms with E-state index in [9.17, 15) is 9.00 Å². The number of piperazine rings is 1. The molecule has 2 heterocycles. The number of benzene rings is 1. The van der Waals surface area contributed by atoms with E-state index in [1.54, 1.807) is 0 Å². The lowest BCUT2D eigenvalue weighted by atomic mass is 9.92. The Morgan fingerprint density at radius 2 is 1.70 bits per heavy atom. The first-order valence-corrected chi connectivity index (χ1v) is 11.4. The Morgan fingerprint density at radius 1 is 1.11 bits per heavy atom. The molecule has 0 aliphatic carbocycles. The van der Waals surface area contributed by atoms with Crippen molar-refractivity contribution in [2.24, 2.45) is 0 Å². The molecule has 1 unspecified atom stereocenters. The number of nitrogens with zero attached hydrogens (tertiary/aromatic N) is 3. The summed E-state index contributed by atoms with van der Waals surface area (Å²) >= 11 is 0. The van der Waals surface area contributed by atoms with Crippen LogP contribution >= 0.6 is 0 Å². The van der Waals surface area contributed by atoms with E-state index in [4.69, 9.17) is 0 Å². The van der Waals surface area contributed by atoms with Gasteiger partial charge in [-0.05, 0) is 45.4 Å². The molecule has 6 heteroatoms. The molecule has 1 atom stereocenters. The van der Waals surface area contributed by atoms with Crippen molar-refractivity contribution in [2.75, 3.05) is 44.7 Å². The fourth-order valence-electron chi connectivity index (χ4n) is 4.24. The Balaban J connectivity index is 1.60. The molecule has 0 aromatic heterocycles. The van der Waals surface area contributed by atoms with Crippen LogP contribution < -0.4 is 0 Å². The van der Waals surface area contributed by atoms with Crippen LogP contribution in [0, 0.1) is 0 Å². The van der Waals surface area contributed by atoms with Crippen molar-refractivity contribution in [1.82, 2.24) is 14.7 Å². The van der Waals surface area contributed by atoms with E-state index in [1.807, 2.05) is 11.9 Å². The fourth-order valence-corrected chi connectivity index (χ4v) is 5.29. The van der Waals surface area contributed by atoms with Gasteiger partial charge in [-0.3, -0.25) is 18.8 Å². The number of hydrogen-bond acceptors (Lipinski definition) is 4. The second kappa shape index (κ2) is 8.41. The number of carbonyl (C=O) groups excluding carboxylic acids is 1. The van der Waals surface area contributed by atoms with Crippen LogP contribution in [-0.2, 0) is 28.6 Å². The third-order valence-electron chi connectivity index (χ3n) is 5.88. The van der Waals surface area contributed by atoms with Gasteiger partial charge in [-0.25, -0.2) is 0 Å². The molecule has 5 nitrogen and oxygen atoms in total. The summed E-state index contributed by atoms with van der Waals surface area (Å²) in [5.41, 5.74) is 2.57. The van der Waals surface area contributed by atoms with Crippen LogP contribution in [0.3, 0.4) is 0 Å². The molecule has 150 valence electrons. The molecule has 2 aliphatic rings. The van der Waals surface area contributed by atoms with Gasteiger partial charge in [0.05, 0.1) is 6.54 Å². The lowest BCUT2D eigenvalue weighted by molar-refractivity contribution is -0.139. The number of carbonyl (C=O) groups is 1. The van der Waals surface area contributed by atoms with Crippen molar-refractivity contribution >= 4 is 16.7 Å². The molecule has 0 bridgehead atoms. The second-order valence-electron chi connectivity index (χ2n) is 8.71. The highest BCUT2D eigenvalue weighted by Gasteiger charge is 2.30. The van der Waals surface area contributed by atoms with E-state index in [-0.39, 0.29) is 17.5 Å². The summed E-state index contributed by atoms with van der Waals surface area (Å²) in [6.07, 6.45) is 0.976. The maximum absolute atomic E-state index is 12.3. The Bertz CT molecular complexity index is 679. The summed E-state index contributed by atoms with van der Waals surface area (Å²) in [5, 5.41) is 0. The zero-order chi connectivity index (χ0) is 19.6. The van der Waals surface area contributed by atoms with Gasteiger partial charge in [0, 0.05) is 60.1 Å². The topological polar surface area (TPSA) is 43.9 Å². The van der Waals surface area contributed by atoms with Gasteiger partial charge in [-0.15, -0.1) is 0 Å². The summed E-state index contributed by atoms with van der Waals surface area (Å²) < 4.78 is 11.6. The molecule has 0 spiro atoms. The van der Waals surface area contributed by atoms with Gasteiger partial charge >= 0.3 is 0 Å². The Morgan fingerprint density at radius 3 is 2.30 bits per heavy atom. The Kier molecular flexibility index (Phi) is 6.39. The quantitative estimate of drug-likeness (QED) is 0.767. The van der Waals surface area contributed by atoms with Gasteiger partial charge in [-0.1, -0.05) is 24.3 Å². The van der Waals surface area contributed by atoms with Crippen molar-refractivity contribution in [3.8, 4) is 0 Å². The minimum absolute atomic E-state index is 0.0636. The number of hydrogen-bond donors (Lipinski definition) is 0. The molecule has 0 radical (unpaired) electrons. The molecule has 1 aromatic carbocycles. The maximum atomic E-state index is 12.3. The van der Waals surface area contributed by atoms with Crippen LogP contribution in [0.4, 0.5) is 0 Å². The third-order valence-corrected chi connectivity index (χ3v) is 7.16. The smallest absolute Gasteiger partial charge is 0.237 e. The van der Waals surface area contributed by atoms with Crippen LogP contribution in [0.15, 0.2) is 24.3 Å². The maximum Gasteiger partial charge on any atom is 0.237 e. The van der Waals surface area contributed by atoms with E-state index in [0.717, 1.165) is 37.6 Å². The van der Waals surface area contributed by atoms with Crippen LogP contribution in [0.2, 0.25) is 0 Å². The minimum atomic E-state index is -0.634. The molecule has 0 N–H and O–H groups in total. The van der Waals surface area contributed by atoms with Crippen molar-refractivity contribution in [1.29, 1.82) is 0 Å². The molecule has 1 aromatic rings. The molecule has 0 saturated carbocycles. The number of amides is 1. The van der Waals surface area contributed by atoms with E-state index in [0.29, 0.717) is 13.1 Å². The first-order valence-electron chi connectivity index (χ1n) is 9.90. The molecule has 2 aliphatic heterocycles. The molecule has 27 heavy (non-hydrogen) atoms. The van der Waals surface area contributed by atoms with E-state index in [1.165, 1.54) is 11.1 Å². The van der Waals surface area contributed by atoms with Crippen molar-refractivity contribution < 1.29 is 9.00 Å². The van der Waals surface area contributed by atoms with Crippen LogP contribution in [0.5, 0.6) is 0 Å². The fraction of sp³-hybridized carbons (Fsp3) is 0.667. The van der Waals surface area contributed by atoms with E-state index >= 15 is 0 Å². The minimum Gasteiger partial charge on any atom is -0.333 e. The van der Waals surface area contributed by atoms with Crippen molar-refractivity contribution in [2.45, 2.75) is 45.3 Å². The molecule has 2 fully saturated rings. The third kappa shape index (κ3) is 5.18. The number of rotatable bonds is 5. The monoisotopic (exact) mass is 391 g/mol. The summed E-state index contributed by atoms with van der Waals surface area (Å²) in [6.45, 7) is 10.6. The number of likely N-dealkylation sites (N-methyl/N-ethyl adjacent to an activating group) is 1. The van der Waals surface area contributed by atoms with Crippen LogP contribution in [-0.4, -0.2) is 81.1 Å². The second-order valence-corrected chi connectivity index (χ2v) is 10.4. The lowest BCUT2D eigenvalue weighted by Gasteiger charge is -2.41. The van der Waals surface area contributed by atoms with Crippen molar-refractivity contribution in [3.63, 3.8) is 0 Å². The average Bonchev–Trinajstić information content (AvgIpc) is 2.59.